The highest BCUT2D eigenvalue weighted by molar-refractivity contribution is 5.73. The number of rotatable bonds is 2. The fourth-order valence-electron chi connectivity index (χ4n) is 2.37. The van der Waals surface area contributed by atoms with Crippen LogP contribution in [0.5, 0.6) is 0 Å². The van der Waals surface area contributed by atoms with Crippen molar-refractivity contribution >= 4 is 11.6 Å². The molecule has 1 fully saturated rings. The highest BCUT2D eigenvalue weighted by Gasteiger charge is 2.20. The van der Waals surface area contributed by atoms with Crippen LogP contribution in [0.2, 0.25) is 0 Å². The number of carbonyl (C=O) groups is 1. The van der Waals surface area contributed by atoms with Crippen LogP contribution in [0.4, 0.5) is 5.69 Å². The number of piperidine rings is 1. The summed E-state index contributed by atoms with van der Waals surface area (Å²) in [6, 6.07) is 8.88. The van der Waals surface area contributed by atoms with Crippen LogP contribution in [0.15, 0.2) is 24.3 Å². The molecular formula is C14H20N2O. The van der Waals surface area contributed by atoms with E-state index in [-0.39, 0.29) is 5.91 Å². The second-order valence-corrected chi connectivity index (χ2v) is 4.82. The Labute approximate surface area is 103 Å². The second kappa shape index (κ2) is 5.21. The summed E-state index contributed by atoms with van der Waals surface area (Å²) in [4.78, 5) is 13.4. The van der Waals surface area contributed by atoms with Gasteiger partial charge < -0.3 is 10.2 Å². The molecule has 17 heavy (non-hydrogen) atoms. The van der Waals surface area contributed by atoms with E-state index in [4.69, 9.17) is 0 Å². The molecule has 1 aliphatic heterocycles. The van der Waals surface area contributed by atoms with Gasteiger partial charge in [-0.2, -0.15) is 0 Å². The van der Waals surface area contributed by atoms with Crippen LogP contribution in [-0.2, 0) is 4.79 Å². The second-order valence-electron chi connectivity index (χ2n) is 4.82. The molecule has 1 unspecified atom stereocenters. The molecule has 0 saturated carbocycles. The Morgan fingerprint density at radius 3 is 2.71 bits per heavy atom. The molecular weight excluding hydrogens is 212 g/mol. The molecule has 1 N–H and O–H groups in total. The van der Waals surface area contributed by atoms with Crippen molar-refractivity contribution in [3.63, 3.8) is 0 Å². The summed E-state index contributed by atoms with van der Waals surface area (Å²) < 4.78 is 0. The van der Waals surface area contributed by atoms with Crippen LogP contribution in [-0.4, -0.2) is 25.0 Å². The lowest BCUT2D eigenvalue weighted by Gasteiger charge is -2.34. The van der Waals surface area contributed by atoms with Crippen LogP contribution in [0.3, 0.4) is 0 Å². The molecule has 3 heteroatoms. The smallest absolute Gasteiger partial charge is 0.217 e. The number of anilines is 1. The van der Waals surface area contributed by atoms with Crippen molar-refractivity contribution in [2.75, 3.05) is 18.0 Å². The van der Waals surface area contributed by atoms with Gasteiger partial charge in [0.25, 0.3) is 0 Å². The van der Waals surface area contributed by atoms with E-state index in [0.29, 0.717) is 6.04 Å². The molecule has 1 atom stereocenters. The van der Waals surface area contributed by atoms with Gasteiger partial charge in [0.05, 0.1) is 0 Å². The Kier molecular flexibility index (Phi) is 3.67. The fourth-order valence-corrected chi connectivity index (χ4v) is 2.37. The SMILES string of the molecule is CC(=O)NC1CCCN(c2ccc(C)cc2)C1. The first kappa shape index (κ1) is 12.0. The molecule has 0 radical (unpaired) electrons. The molecule has 0 aliphatic carbocycles. The molecule has 1 aromatic rings. The number of amides is 1. The van der Waals surface area contributed by atoms with Gasteiger partial charge in [-0.3, -0.25) is 4.79 Å². The van der Waals surface area contributed by atoms with Gasteiger partial charge in [-0.1, -0.05) is 17.7 Å². The van der Waals surface area contributed by atoms with Crippen molar-refractivity contribution in [2.45, 2.75) is 32.7 Å². The number of hydrogen-bond acceptors (Lipinski definition) is 2. The van der Waals surface area contributed by atoms with E-state index in [1.54, 1.807) is 6.92 Å². The Bertz CT molecular complexity index is 386. The minimum absolute atomic E-state index is 0.0701. The Hall–Kier alpha value is -1.51. The first-order valence-corrected chi connectivity index (χ1v) is 6.24. The highest BCUT2D eigenvalue weighted by atomic mass is 16.1. The van der Waals surface area contributed by atoms with Gasteiger partial charge in [-0.15, -0.1) is 0 Å². The third-order valence-corrected chi connectivity index (χ3v) is 3.23. The van der Waals surface area contributed by atoms with Crippen LogP contribution in [0.25, 0.3) is 0 Å². The zero-order valence-electron chi connectivity index (χ0n) is 10.6. The average molecular weight is 232 g/mol. The summed E-state index contributed by atoms with van der Waals surface area (Å²) in [7, 11) is 0. The first-order chi connectivity index (χ1) is 8.15. The Morgan fingerprint density at radius 1 is 1.35 bits per heavy atom. The van der Waals surface area contributed by atoms with E-state index in [2.05, 4.69) is 41.4 Å². The predicted octanol–water partition coefficient (Wildman–Crippen LogP) is 2.10. The molecule has 0 spiro atoms. The average Bonchev–Trinajstić information content (AvgIpc) is 2.29. The van der Waals surface area contributed by atoms with Gasteiger partial charge in [-0.25, -0.2) is 0 Å². The zero-order chi connectivity index (χ0) is 12.3. The van der Waals surface area contributed by atoms with Gasteiger partial charge in [0.2, 0.25) is 5.91 Å². The summed E-state index contributed by atoms with van der Waals surface area (Å²) in [6.45, 7) is 5.69. The maximum Gasteiger partial charge on any atom is 0.217 e. The van der Waals surface area contributed by atoms with Gasteiger partial charge >= 0.3 is 0 Å². The van der Waals surface area contributed by atoms with E-state index >= 15 is 0 Å². The van der Waals surface area contributed by atoms with Crippen LogP contribution in [0.1, 0.15) is 25.3 Å². The highest BCUT2D eigenvalue weighted by Crippen LogP contribution is 2.20. The minimum atomic E-state index is 0.0701. The molecule has 1 aromatic carbocycles. The largest absolute Gasteiger partial charge is 0.369 e. The Balaban J connectivity index is 2.01. The fraction of sp³-hybridized carbons (Fsp3) is 0.500. The number of nitrogens with zero attached hydrogens (tertiary/aromatic N) is 1. The third kappa shape index (κ3) is 3.22. The van der Waals surface area contributed by atoms with Crippen molar-refractivity contribution in [3.05, 3.63) is 29.8 Å². The van der Waals surface area contributed by atoms with E-state index in [1.807, 2.05) is 0 Å². The van der Waals surface area contributed by atoms with Crippen molar-refractivity contribution < 1.29 is 4.79 Å². The van der Waals surface area contributed by atoms with Crippen LogP contribution in [0, 0.1) is 6.92 Å². The van der Waals surface area contributed by atoms with Gasteiger partial charge in [-0.05, 0) is 31.9 Å². The van der Waals surface area contributed by atoms with Gasteiger partial charge in [0.1, 0.15) is 0 Å². The van der Waals surface area contributed by atoms with E-state index < -0.39 is 0 Å². The summed E-state index contributed by atoms with van der Waals surface area (Å²) in [6.07, 6.45) is 2.22. The number of carbonyl (C=O) groups excluding carboxylic acids is 1. The quantitative estimate of drug-likeness (QED) is 0.847. The zero-order valence-corrected chi connectivity index (χ0v) is 10.6. The molecule has 0 aromatic heterocycles. The number of benzene rings is 1. The normalized spacial score (nSPS) is 20.1. The van der Waals surface area contributed by atoms with Crippen molar-refractivity contribution in [2.24, 2.45) is 0 Å². The van der Waals surface area contributed by atoms with Crippen molar-refractivity contribution in [3.8, 4) is 0 Å². The summed E-state index contributed by atoms with van der Waals surface area (Å²) in [5, 5.41) is 3.01. The summed E-state index contributed by atoms with van der Waals surface area (Å²) in [5.41, 5.74) is 2.54. The minimum Gasteiger partial charge on any atom is -0.369 e. The Morgan fingerprint density at radius 2 is 2.06 bits per heavy atom. The van der Waals surface area contributed by atoms with Crippen molar-refractivity contribution in [1.82, 2.24) is 5.32 Å². The molecule has 92 valence electrons. The number of nitrogens with one attached hydrogen (secondary N) is 1. The maximum absolute atomic E-state index is 11.1. The lowest BCUT2D eigenvalue weighted by Crippen LogP contribution is -2.47. The molecule has 1 saturated heterocycles. The van der Waals surface area contributed by atoms with Crippen LogP contribution >= 0.6 is 0 Å². The van der Waals surface area contributed by atoms with E-state index in [1.165, 1.54) is 11.3 Å². The molecule has 1 aliphatic rings. The number of hydrogen-bond donors (Lipinski definition) is 1. The summed E-state index contributed by atoms with van der Waals surface area (Å²) >= 11 is 0. The molecule has 1 heterocycles. The first-order valence-electron chi connectivity index (χ1n) is 6.24. The molecule has 2 rings (SSSR count). The predicted molar refractivity (Wildman–Crippen MR) is 70.2 cm³/mol. The monoisotopic (exact) mass is 232 g/mol. The van der Waals surface area contributed by atoms with Crippen molar-refractivity contribution in [1.29, 1.82) is 0 Å². The third-order valence-electron chi connectivity index (χ3n) is 3.23. The maximum atomic E-state index is 11.1. The lowest BCUT2D eigenvalue weighted by atomic mass is 10.0. The molecule has 3 nitrogen and oxygen atoms in total. The van der Waals surface area contributed by atoms with Crippen LogP contribution < -0.4 is 10.2 Å². The molecule has 1 amide bonds. The summed E-state index contributed by atoms with van der Waals surface area (Å²) in [5.74, 6) is 0.0701. The van der Waals surface area contributed by atoms with E-state index in [0.717, 1.165) is 25.9 Å². The molecule has 0 bridgehead atoms. The standard InChI is InChI=1S/C14H20N2O/c1-11-5-7-14(8-6-11)16-9-3-4-13(10-16)15-12(2)17/h5-8,13H,3-4,9-10H2,1-2H3,(H,15,17). The number of aryl methyl sites for hydroxylation is 1. The van der Waals surface area contributed by atoms with Gasteiger partial charge in [0, 0.05) is 31.7 Å². The van der Waals surface area contributed by atoms with Gasteiger partial charge in [0.15, 0.2) is 0 Å². The van der Waals surface area contributed by atoms with E-state index in [9.17, 15) is 4.79 Å². The topological polar surface area (TPSA) is 32.3 Å². The lowest BCUT2D eigenvalue weighted by molar-refractivity contribution is -0.119.